The molecule has 2 rings (SSSR count). The van der Waals surface area contributed by atoms with Gasteiger partial charge in [0.2, 0.25) is 10.0 Å². The normalized spacial score (nSPS) is 11.3. The van der Waals surface area contributed by atoms with Crippen LogP contribution in [0.2, 0.25) is 0 Å². The van der Waals surface area contributed by atoms with Crippen LogP contribution in [0.25, 0.3) is 0 Å². The first-order valence-corrected chi connectivity index (χ1v) is 7.85. The number of benzene rings is 1. The standard InChI is InChI=1S/C11H12N4O3S2/c1-6-3-4-8(5-9(6)20(12,17)18)13-11(16)10-7(2)14-15-19-10/h3-5H,1-2H3,(H,13,16)(H2,12,17,18). The number of nitrogens with one attached hydrogen (secondary N) is 1. The molecule has 0 aliphatic rings. The predicted octanol–water partition coefficient (Wildman–Crippen LogP) is 1.05. The molecule has 20 heavy (non-hydrogen) atoms. The highest BCUT2D eigenvalue weighted by molar-refractivity contribution is 7.89. The first-order chi connectivity index (χ1) is 9.29. The van der Waals surface area contributed by atoms with Gasteiger partial charge in [-0.25, -0.2) is 13.6 Å². The Hall–Kier alpha value is -1.84. The van der Waals surface area contributed by atoms with Gasteiger partial charge in [0, 0.05) is 5.69 Å². The van der Waals surface area contributed by atoms with E-state index in [9.17, 15) is 13.2 Å². The van der Waals surface area contributed by atoms with E-state index >= 15 is 0 Å². The van der Waals surface area contributed by atoms with Gasteiger partial charge in [0.05, 0.1) is 10.6 Å². The Bertz CT molecular complexity index is 768. The van der Waals surface area contributed by atoms with E-state index in [2.05, 4.69) is 14.9 Å². The van der Waals surface area contributed by atoms with Crippen molar-refractivity contribution in [2.45, 2.75) is 18.7 Å². The average Bonchev–Trinajstić information content (AvgIpc) is 2.76. The lowest BCUT2D eigenvalue weighted by Gasteiger charge is -2.08. The van der Waals surface area contributed by atoms with Gasteiger partial charge in [-0.2, -0.15) is 0 Å². The van der Waals surface area contributed by atoms with Crippen LogP contribution in [0.15, 0.2) is 23.1 Å². The topological polar surface area (TPSA) is 115 Å². The second-order valence-electron chi connectivity index (χ2n) is 4.17. The number of nitrogens with zero attached hydrogens (tertiary/aromatic N) is 2. The Morgan fingerprint density at radius 3 is 2.60 bits per heavy atom. The van der Waals surface area contributed by atoms with Gasteiger partial charge in [-0.05, 0) is 43.1 Å². The number of carbonyl (C=O) groups excluding carboxylic acids is 1. The van der Waals surface area contributed by atoms with E-state index in [1.54, 1.807) is 26.0 Å². The molecule has 0 unspecified atom stereocenters. The molecule has 1 aromatic carbocycles. The van der Waals surface area contributed by atoms with Crippen molar-refractivity contribution in [1.82, 2.24) is 9.59 Å². The minimum atomic E-state index is -3.83. The van der Waals surface area contributed by atoms with Crippen molar-refractivity contribution in [3.05, 3.63) is 34.3 Å². The molecule has 2 aromatic rings. The van der Waals surface area contributed by atoms with Crippen molar-refractivity contribution < 1.29 is 13.2 Å². The Morgan fingerprint density at radius 1 is 1.35 bits per heavy atom. The van der Waals surface area contributed by atoms with Gasteiger partial charge < -0.3 is 5.32 Å². The molecule has 3 N–H and O–H groups in total. The number of aryl methyl sites for hydroxylation is 2. The molecule has 0 radical (unpaired) electrons. The maximum Gasteiger partial charge on any atom is 0.269 e. The molecule has 1 amide bonds. The van der Waals surface area contributed by atoms with Crippen LogP contribution in [0, 0.1) is 13.8 Å². The monoisotopic (exact) mass is 312 g/mol. The number of sulfonamides is 1. The summed E-state index contributed by atoms with van der Waals surface area (Å²) in [6.45, 7) is 3.30. The SMILES string of the molecule is Cc1ccc(NC(=O)c2snnc2C)cc1S(N)(=O)=O. The molecular weight excluding hydrogens is 300 g/mol. The fourth-order valence-corrected chi connectivity index (χ4v) is 2.97. The molecule has 7 nitrogen and oxygen atoms in total. The first-order valence-electron chi connectivity index (χ1n) is 5.53. The van der Waals surface area contributed by atoms with Crippen LogP contribution in [0.5, 0.6) is 0 Å². The van der Waals surface area contributed by atoms with Gasteiger partial charge in [-0.3, -0.25) is 4.79 Å². The Kier molecular flexibility index (Phi) is 3.84. The van der Waals surface area contributed by atoms with E-state index in [4.69, 9.17) is 5.14 Å². The molecule has 0 bridgehead atoms. The van der Waals surface area contributed by atoms with Gasteiger partial charge in [0.1, 0.15) is 4.88 Å². The molecule has 0 spiro atoms. The molecular formula is C11H12N4O3S2. The summed E-state index contributed by atoms with van der Waals surface area (Å²) in [5.74, 6) is -0.387. The first kappa shape index (κ1) is 14.6. The molecule has 1 aromatic heterocycles. The number of carbonyl (C=O) groups is 1. The summed E-state index contributed by atoms with van der Waals surface area (Å²) in [6, 6.07) is 4.51. The summed E-state index contributed by atoms with van der Waals surface area (Å²) in [6.07, 6.45) is 0. The van der Waals surface area contributed by atoms with Crippen LogP contribution in [-0.2, 0) is 10.0 Å². The summed E-state index contributed by atoms with van der Waals surface area (Å²) in [7, 11) is -3.83. The number of amides is 1. The predicted molar refractivity (Wildman–Crippen MR) is 75.2 cm³/mol. The zero-order valence-corrected chi connectivity index (χ0v) is 12.4. The van der Waals surface area contributed by atoms with Crippen molar-refractivity contribution in [3.8, 4) is 0 Å². The second kappa shape index (κ2) is 5.27. The molecule has 0 fully saturated rings. The maximum atomic E-state index is 12.0. The number of nitrogens with two attached hydrogens (primary N) is 1. The number of hydrogen-bond acceptors (Lipinski definition) is 6. The van der Waals surface area contributed by atoms with E-state index in [0.717, 1.165) is 11.5 Å². The second-order valence-corrected chi connectivity index (χ2v) is 6.45. The van der Waals surface area contributed by atoms with Crippen LogP contribution < -0.4 is 10.5 Å². The Balaban J connectivity index is 2.32. The Morgan fingerprint density at radius 2 is 2.05 bits per heavy atom. The third kappa shape index (κ3) is 3.00. The fourth-order valence-electron chi connectivity index (χ4n) is 1.61. The number of anilines is 1. The lowest BCUT2D eigenvalue weighted by molar-refractivity contribution is 0.102. The molecule has 0 aliphatic carbocycles. The van der Waals surface area contributed by atoms with Crippen LogP contribution in [0.4, 0.5) is 5.69 Å². The van der Waals surface area contributed by atoms with Crippen LogP contribution in [0.1, 0.15) is 20.9 Å². The smallest absolute Gasteiger partial charge is 0.269 e. The van der Waals surface area contributed by atoms with E-state index in [0.29, 0.717) is 21.8 Å². The van der Waals surface area contributed by atoms with Gasteiger partial charge in [-0.15, -0.1) is 5.10 Å². The van der Waals surface area contributed by atoms with E-state index in [1.807, 2.05) is 0 Å². The molecule has 1 heterocycles. The van der Waals surface area contributed by atoms with Crippen molar-refractivity contribution >= 4 is 33.2 Å². The van der Waals surface area contributed by atoms with Crippen molar-refractivity contribution in [3.63, 3.8) is 0 Å². The third-order valence-electron chi connectivity index (χ3n) is 2.61. The number of rotatable bonds is 3. The van der Waals surface area contributed by atoms with Crippen LogP contribution in [0.3, 0.4) is 0 Å². The number of hydrogen-bond donors (Lipinski definition) is 2. The van der Waals surface area contributed by atoms with Crippen molar-refractivity contribution in [2.75, 3.05) is 5.32 Å². The fraction of sp³-hybridized carbons (Fsp3) is 0.182. The number of aromatic nitrogens is 2. The van der Waals surface area contributed by atoms with E-state index in [-0.39, 0.29) is 10.8 Å². The summed E-state index contributed by atoms with van der Waals surface area (Å²) in [4.78, 5) is 12.3. The largest absolute Gasteiger partial charge is 0.321 e. The van der Waals surface area contributed by atoms with E-state index in [1.165, 1.54) is 6.07 Å². The van der Waals surface area contributed by atoms with E-state index < -0.39 is 10.0 Å². The maximum absolute atomic E-state index is 12.0. The van der Waals surface area contributed by atoms with Crippen molar-refractivity contribution in [2.24, 2.45) is 5.14 Å². The summed E-state index contributed by atoms with van der Waals surface area (Å²) < 4.78 is 26.5. The molecule has 106 valence electrons. The Labute approximate surface area is 120 Å². The molecule has 0 aliphatic heterocycles. The lowest BCUT2D eigenvalue weighted by Crippen LogP contribution is -2.16. The zero-order chi connectivity index (χ0) is 14.9. The zero-order valence-electron chi connectivity index (χ0n) is 10.7. The molecule has 0 atom stereocenters. The highest BCUT2D eigenvalue weighted by Gasteiger charge is 2.16. The third-order valence-corrected chi connectivity index (χ3v) is 4.49. The summed E-state index contributed by atoms with van der Waals surface area (Å²) in [5.41, 5.74) is 1.38. The molecule has 0 saturated heterocycles. The molecule has 0 saturated carbocycles. The molecule has 9 heteroatoms. The van der Waals surface area contributed by atoms with Crippen molar-refractivity contribution in [1.29, 1.82) is 0 Å². The van der Waals surface area contributed by atoms with Gasteiger partial charge in [0.25, 0.3) is 5.91 Å². The van der Waals surface area contributed by atoms with Crippen LogP contribution >= 0.6 is 11.5 Å². The minimum absolute atomic E-state index is 0.0190. The minimum Gasteiger partial charge on any atom is -0.321 e. The van der Waals surface area contributed by atoms with Gasteiger partial charge >= 0.3 is 0 Å². The highest BCUT2D eigenvalue weighted by atomic mass is 32.2. The van der Waals surface area contributed by atoms with Gasteiger partial charge in [-0.1, -0.05) is 10.6 Å². The number of primary sulfonamides is 1. The summed E-state index contributed by atoms with van der Waals surface area (Å²) >= 11 is 0.974. The summed E-state index contributed by atoms with van der Waals surface area (Å²) in [5, 5.41) is 11.5. The lowest BCUT2D eigenvalue weighted by atomic mass is 10.2. The highest BCUT2D eigenvalue weighted by Crippen LogP contribution is 2.20. The quantitative estimate of drug-likeness (QED) is 0.879. The average molecular weight is 312 g/mol. The van der Waals surface area contributed by atoms with Crippen LogP contribution in [-0.4, -0.2) is 23.9 Å². The van der Waals surface area contributed by atoms with Gasteiger partial charge in [0.15, 0.2) is 0 Å².